The van der Waals surface area contributed by atoms with Gasteiger partial charge in [-0.15, -0.1) is 0 Å². The van der Waals surface area contributed by atoms with Crippen LogP contribution >= 0.6 is 0 Å². The van der Waals surface area contributed by atoms with Crippen molar-refractivity contribution in [3.63, 3.8) is 0 Å². The summed E-state index contributed by atoms with van der Waals surface area (Å²) in [5, 5.41) is 0. The van der Waals surface area contributed by atoms with Crippen molar-refractivity contribution in [3.8, 4) is 11.5 Å². The van der Waals surface area contributed by atoms with Gasteiger partial charge in [0.1, 0.15) is 11.5 Å². The third-order valence-corrected chi connectivity index (χ3v) is 2.41. The van der Waals surface area contributed by atoms with Gasteiger partial charge in [-0.1, -0.05) is 0 Å². The van der Waals surface area contributed by atoms with Crippen LogP contribution in [0.1, 0.15) is 22.8 Å². The van der Waals surface area contributed by atoms with Gasteiger partial charge in [0.2, 0.25) is 0 Å². The van der Waals surface area contributed by atoms with Crippen molar-refractivity contribution >= 4 is 12.3 Å². The molecule has 0 unspecified atom stereocenters. The Morgan fingerprint density at radius 2 is 2.00 bits per heavy atom. The highest BCUT2D eigenvalue weighted by molar-refractivity contribution is 5.85. The molecular formula is C13H16O5. The van der Waals surface area contributed by atoms with Crippen molar-refractivity contribution < 1.29 is 23.8 Å². The molecule has 1 aromatic rings. The first-order chi connectivity index (χ1) is 8.65. The molecule has 0 spiro atoms. The lowest BCUT2D eigenvalue weighted by Gasteiger charge is -2.11. The summed E-state index contributed by atoms with van der Waals surface area (Å²) in [7, 11) is 2.96. The summed E-state index contributed by atoms with van der Waals surface area (Å²) in [6, 6.07) is 3.22. The SMILES string of the molecule is CCOC(=O)Cc1cc(OC)cc(OC)c1C=O. The number of aldehydes is 1. The zero-order valence-corrected chi connectivity index (χ0v) is 10.7. The van der Waals surface area contributed by atoms with Gasteiger partial charge in [0.05, 0.1) is 32.8 Å². The second-order valence-corrected chi connectivity index (χ2v) is 3.50. The average Bonchev–Trinajstić information content (AvgIpc) is 2.37. The normalized spacial score (nSPS) is 9.72. The molecule has 0 fully saturated rings. The van der Waals surface area contributed by atoms with Gasteiger partial charge >= 0.3 is 5.97 Å². The monoisotopic (exact) mass is 252 g/mol. The Morgan fingerprint density at radius 1 is 1.28 bits per heavy atom. The molecule has 0 heterocycles. The van der Waals surface area contributed by atoms with Gasteiger partial charge in [0.25, 0.3) is 0 Å². The summed E-state index contributed by atoms with van der Waals surface area (Å²) in [4.78, 5) is 22.5. The number of esters is 1. The predicted octanol–water partition coefficient (Wildman–Crippen LogP) is 1.62. The van der Waals surface area contributed by atoms with E-state index in [1.54, 1.807) is 19.1 Å². The van der Waals surface area contributed by atoms with Gasteiger partial charge in [-0.05, 0) is 18.6 Å². The molecular weight excluding hydrogens is 236 g/mol. The minimum Gasteiger partial charge on any atom is -0.497 e. The first kappa shape index (κ1) is 14.0. The fourth-order valence-electron chi connectivity index (χ4n) is 1.59. The maximum atomic E-state index is 11.5. The van der Waals surface area contributed by atoms with Crippen LogP contribution in [0.2, 0.25) is 0 Å². The van der Waals surface area contributed by atoms with Gasteiger partial charge < -0.3 is 14.2 Å². The Labute approximate surface area is 106 Å². The first-order valence-electron chi connectivity index (χ1n) is 5.51. The molecule has 0 saturated heterocycles. The average molecular weight is 252 g/mol. The summed E-state index contributed by atoms with van der Waals surface area (Å²) < 4.78 is 15.0. The zero-order chi connectivity index (χ0) is 13.5. The molecule has 1 aromatic carbocycles. The van der Waals surface area contributed by atoms with Gasteiger partial charge in [0.15, 0.2) is 6.29 Å². The van der Waals surface area contributed by atoms with Crippen LogP contribution in [0.5, 0.6) is 11.5 Å². The van der Waals surface area contributed by atoms with Gasteiger partial charge in [0, 0.05) is 6.07 Å². The van der Waals surface area contributed by atoms with Crippen LogP contribution in [0.25, 0.3) is 0 Å². The Kier molecular flexibility index (Phi) is 5.17. The van der Waals surface area contributed by atoms with E-state index in [2.05, 4.69) is 0 Å². The summed E-state index contributed by atoms with van der Waals surface area (Å²) in [5.74, 6) is 0.510. The maximum absolute atomic E-state index is 11.5. The van der Waals surface area contributed by atoms with Crippen molar-refractivity contribution in [2.75, 3.05) is 20.8 Å². The van der Waals surface area contributed by atoms with E-state index < -0.39 is 5.97 Å². The van der Waals surface area contributed by atoms with E-state index >= 15 is 0 Å². The summed E-state index contributed by atoms with van der Waals surface area (Å²) >= 11 is 0. The lowest BCUT2D eigenvalue weighted by atomic mass is 10.0. The van der Waals surface area contributed by atoms with E-state index in [4.69, 9.17) is 14.2 Å². The van der Waals surface area contributed by atoms with Gasteiger partial charge in [-0.3, -0.25) is 9.59 Å². The largest absolute Gasteiger partial charge is 0.497 e. The number of hydrogen-bond acceptors (Lipinski definition) is 5. The van der Waals surface area contributed by atoms with Crippen LogP contribution in [0.15, 0.2) is 12.1 Å². The molecule has 0 aliphatic heterocycles. The molecule has 5 nitrogen and oxygen atoms in total. The molecule has 0 N–H and O–H groups in total. The second-order valence-electron chi connectivity index (χ2n) is 3.50. The number of benzene rings is 1. The highest BCUT2D eigenvalue weighted by Crippen LogP contribution is 2.28. The number of carbonyl (C=O) groups is 2. The lowest BCUT2D eigenvalue weighted by Crippen LogP contribution is -2.10. The number of methoxy groups -OCH3 is 2. The second kappa shape index (κ2) is 6.64. The predicted molar refractivity (Wildman–Crippen MR) is 65.3 cm³/mol. The van der Waals surface area contributed by atoms with E-state index in [0.29, 0.717) is 35.5 Å². The van der Waals surface area contributed by atoms with Crippen LogP contribution in [-0.4, -0.2) is 33.1 Å². The highest BCUT2D eigenvalue weighted by Gasteiger charge is 2.15. The van der Waals surface area contributed by atoms with E-state index in [9.17, 15) is 9.59 Å². The van der Waals surface area contributed by atoms with Crippen molar-refractivity contribution in [3.05, 3.63) is 23.3 Å². The maximum Gasteiger partial charge on any atom is 0.310 e. The molecule has 1 rings (SSSR count). The zero-order valence-electron chi connectivity index (χ0n) is 10.7. The Morgan fingerprint density at radius 3 is 2.50 bits per heavy atom. The van der Waals surface area contributed by atoms with Gasteiger partial charge in [-0.2, -0.15) is 0 Å². The third-order valence-electron chi connectivity index (χ3n) is 2.41. The fraction of sp³-hybridized carbons (Fsp3) is 0.385. The minimum atomic E-state index is -0.393. The first-order valence-corrected chi connectivity index (χ1v) is 5.51. The number of ether oxygens (including phenoxy) is 3. The topological polar surface area (TPSA) is 61.8 Å². The molecule has 98 valence electrons. The van der Waals surface area contributed by atoms with Crippen molar-refractivity contribution in [2.24, 2.45) is 0 Å². The van der Waals surface area contributed by atoms with Crippen LogP contribution in [0, 0.1) is 0 Å². The Balaban J connectivity index is 3.14. The molecule has 0 aromatic heterocycles. The van der Waals surface area contributed by atoms with Crippen LogP contribution in [0.3, 0.4) is 0 Å². The fourth-order valence-corrected chi connectivity index (χ4v) is 1.59. The molecule has 0 bridgehead atoms. The summed E-state index contributed by atoms with van der Waals surface area (Å²) in [6.45, 7) is 2.03. The van der Waals surface area contributed by atoms with E-state index in [0.717, 1.165) is 0 Å². The third kappa shape index (κ3) is 3.23. The molecule has 0 amide bonds. The van der Waals surface area contributed by atoms with Crippen molar-refractivity contribution in [2.45, 2.75) is 13.3 Å². The smallest absolute Gasteiger partial charge is 0.310 e. The lowest BCUT2D eigenvalue weighted by molar-refractivity contribution is -0.142. The molecule has 0 aliphatic carbocycles. The summed E-state index contributed by atoms with van der Waals surface area (Å²) in [6.07, 6.45) is 0.669. The Bertz CT molecular complexity index is 439. The number of carbonyl (C=O) groups excluding carboxylic acids is 2. The van der Waals surface area contributed by atoms with Crippen LogP contribution in [-0.2, 0) is 16.0 Å². The van der Waals surface area contributed by atoms with E-state index in [1.807, 2.05) is 0 Å². The van der Waals surface area contributed by atoms with Gasteiger partial charge in [-0.25, -0.2) is 0 Å². The van der Waals surface area contributed by atoms with Crippen LogP contribution < -0.4 is 9.47 Å². The molecule has 0 radical (unpaired) electrons. The van der Waals surface area contributed by atoms with Crippen molar-refractivity contribution in [1.29, 1.82) is 0 Å². The van der Waals surface area contributed by atoms with E-state index in [-0.39, 0.29) is 6.42 Å². The molecule has 0 atom stereocenters. The number of rotatable bonds is 6. The Hall–Kier alpha value is -2.04. The molecule has 0 saturated carbocycles. The standard InChI is InChI=1S/C13H16O5/c1-4-18-13(15)6-9-5-10(16-2)7-12(17-3)11(9)8-14/h5,7-8H,4,6H2,1-3H3. The minimum absolute atomic E-state index is 0.00940. The van der Waals surface area contributed by atoms with E-state index in [1.165, 1.54) is 14.2 Å². The highest BCUT2D eigenvalue weighted by atomic mass is 16.5. The quantitative estimate of drug-likeness (QED) is 0.568. The van der Waals surface area contributed by atoms with Crippen LogP contribution in [0.4, 0.5) is 0 Å². The molecule has 5 heteroatoms. The molecule has 18 heavy (non-hydrogen) atoms. The number of hydrogen-bond donors (Lipinski definition) is 0. The van der Waals surface area contributed by atoms with Crippen molar-refractivity contribution in [1.82, 2.24) is 0 Å². The summed E-state index contributed by atoms with van der Waals surface area (Å²) in [5.41, 5.74) is 0.867. The molecule has 0 aliphatic rings.